The molecule has 1 aromatic heterocycles. The molecule has 1 aliphatic carbocycles. The summed E-state index contributed by atoms with van der Waals surface area (Å²) in [5.41, 5.74) is 1.69. The average molecular weight is 259 g/mol. The van der Waals surface area contributed by atoms with Crippen LogP contribution in [-0.2, 0) is 6.54 Å². The summed E-state index contributed by atoms with van der Waals surface area (Å²) in [7, 11) is 0. The summed E-state index contributed by atoms with van der Waals surface area (Å²) in [6.45, 7) is 0.706. The molecule has 0 amide bonds. The van der Waals surface area contributed by atoms with E-state index in [9.17, 15) is 10.1 Å². The number of rotatable bonds is 5. The van der Waals surface area contributed by atoms with E-state index in [4.69, 9.17) is 0 Å². The van der Waals surface area contributed by atoms with Crippen molar-refractivity contribution in [2.45, 2.75) is 25.4 Å². The summed E-state index contributed by atoms with van der Waals surface area (Å²) in [5, 5.41) is 22.0. The number of nitro benzene ring substituents is 1. The van der Waals surface area contributed by atoms with Crippen molar-refractivity contribution in [1.29, 1.82) is 0 Å². The Morgan fingerprint density at radius 1 is 1.37 bits per heavy atom. The van der Waals surface area contributed by atoms with Gasteiger partial charge in [0.25, 0.3) is 5.69 Å². The first-order valence-corrected chi connectivity index (χ1v) is 6.12. The summed E-state index contributed by atoms with van der Waals surface area (Å²) in [6.07, 6.45) is 4.30. The minimum absolute atomic E-state index is 0.0690. The van der Waals surface area contributed by atoms with Crippen molar-refractivity contribution in [2.75, 3.05) is 0 Å². The summed E-state index contributed by atoms with van der Waals surface area (Å²) in [4.78, 5) is 10.1. The maximum atomic E-state index is 10.6. The van der Waals surface area contributed by atoms with Gasteiger partial charge in [0, 0.05) is 24.7 Å². The Hall–Kier alpha value is -2.28. The van der Waals surface area contributed by atoms with Crippen LogP contribution in [0.3, 0.4) is 0 Å². The van der Waals surface area contributed by atoms with E-state index in [0.29, 0.717) is 12.6 Å². The van der Waals surface area contributed by atoms with Gasteiger partial charge in [-0.1, -0.05) is 5.21 Å². The SMILES string of the molecule is O=[N+]([O-])c1ccc(-n2cc(CNC3CC3)nn2)cc1. The van der Waals surface area contributed by atoms with Gasteiger partial charge in [0.2, 0.25) is 0 Å². The normalized spacial score (nSPS) is 14.5. The topological polar surface area (TPSA) is 85.9 Å². The molecule has 0 unspecified atom stereocenters. The Bertz CT molecular complexity index is 588. The molecule has 1 fully saturated rings. The van der Waals surface area contributed by atoms with Gasteiger partial charge in [-0.2, -0.15) is 0 Å². The zero-order chi connectivity index (χ0) is 13.2. The molecule has 1 heterocycles. The fourth-order valence-electron chi connectivity index (χ4n) is 1.77. The first-order valence-electron chi connectivity index (χ1n) is 6.12. The number of non-ortho nitro benzene ring substituents is 1. The summed E-state index contributed by atoms with van der Waals surface area (Å²) in [5.74, 6) is 0. The molecular weight excluding hydrogens is 246 g/mol. The van der Waals surface area contributed by atoms with Gasteiger partial charge < -0.3 is 5.32 Å². The van der Waals surface area contributed by atoms with Gasteiger partial charge in [-0.05, 0) is 25.0 Å². The van der Waals surface area contributed by atoms with E-state index in [1.165, 1.54) is 25.0 Å². The van der Waals surface area contributed by atoms with Crippen LogP contribution >= 0.6 is 0 Å². The predicted molar refractivity (Wildman–Crippen MR) is 67.9 cm³/mol. The average Bonchev–Trinajstić information content (AvgIpc) is 3.13. The van der Waals surface area contributed by atoms with Crippen LogP contribution in [0.1, 0.15) is 18.5 Å². The molecule has 0 spiro atoms. The van der Waals surface area contributed by atoms with Gasteiger partial charge in [-0.15, -0.1) is 5.10 Å². The first kappa shape index (κ1) is 11.8. The second-order valence-corrected chi connectivity index (χ2v) is 4.58. The molecule has 98 valence electrons. The van der Waals surface area contributed by atoms with Crippen LogP contribution in [0.2, 0.25) is 0 Å². The molecule has 1 saturated carbocycles. The summed E-state index contributed by atoms with van der Waals surface area (Å²) in [6, 6.07) is 6.86. The van der Waals surface area contributed by atoms with Gasteiger partial charge >= 0.3 is 0 Å². The lowest BCUT2D eigenvalue weighted by Gasteiger charge is -1.99. The summed E-state index contributed by atoms with van der Waals surface area (Å²) < 4.78 is 1.62. The third-order valence-corrected chi connectivity index (χ3v) is 3.02. The molecule has 0 aliphatic heterocycles. The number of benzene rings is 1. The number of nitrogens with one attached hydrogen (secondary N) is 1. The Kier molecular flexibility index (Phi) is 2.96. The fraction of sp³-hybridized carbons (Fsp3) is 0.333. The molecule has 3 rings (SSSR count). The Balaban J connectivity index is 1.71. The van der Waals surface area contributed by atoms with Gasteiger partial charge in [0.05, 0.1) is 22.5 Å². The zero-order valence-corrected chi connectivity index (χ0v) is 10.2. The zero-order valence-electron chi connectivity index (χ0n) is 10.2. The van der Waals surface area contributed by atoms with Gasteiger partial charge in [-0.3, -0.25) is 10.1 Å². The standard InChI is InChI=1S/C12H13N5O2/c18-17(19)12-5-3-11(4-6-12)16-8-10(14-15-16)7-13-9-1-2-9/h3-6,8-9,13H,1-2,7H2. The van der Waals surface area contributed by atoms with Crippen LogP contribution in [0.15, 0.2) is 30.5 Å². The molecule has 1 aliphatic rings. The number of nitrogens with zero attached hydrogens (tertiary/aromatic N) is 4. The first-order chi connectivity index (χ1) is 9.22. The van der Waals surface area contributed by atoms with Crippen molar-refractivity contribution in [2.24, 2.45) is 0 Å². The van der Waals surface area contributed by atoms with Crippen molar-refractivity contribution in [3.8, 4) is 5.69 Å². The highest BCUT2D eigenvalue weighted by Crippen LogP contribution is 2.19. The van der Waals surface area contributed by atoms with Crippen LogP contribution in [0.5, 0.6) is 0 Å². The third-order valence-electron chi connectivity index (χ3n) is 3.02. The van der Waals surface area contributed by atoms with Crippen molar-refractivity contribution in [1.82, 2.24) is 20.3 Å². The minimum atomic E-state index is -0.421. The molecule has 19 heavy (non-hydrogen) atoms. The van der Waals surface area contributed by atoms with Gasteiger partial charge in [0.1, 0.15) is 0 Å². The lowest BCUT2D eigenvalue weighted by Crippen LogP contribution is -2.15. The second kappa shape index (κ2) is 4.77. The third kappa shape index (κ3) is 2.76. The maximum absolute atomic E-state index is 10.6. The van der Waals surface area contributed by atoms with E-state index in [1.807, 2.05) is 6.20 Å². The Labute approximate surface area is 109 Å². The highest BCUT2D eigenvalue weighted by atomic mass is 16.6. The van der Waals surface area contributed by atoms with Crippen molar-refractivity contribution in [3.63, 3.8) is 0 Å². The van der Waals surface area contributed by atoms with Crippen LogP contribution in [0.25, 0.3) is 5.69 Å². The number of hydrogen-bond acceptors (Lipinski definition) is 5. The Morgan fingerprint density at radius 3 is 2.74 bits per heavy atom. The van der Waals surface area contributed by atoms with Crippen LogP contribution in [0.4, 0.5) is 5.69 Å². The van der Waals surface area contributed by atoms with Crippen LogP contribution in [-0.4, -0.2) is 26.0 Å². The Morgan fingerprint density at radius 2 is 2.11 bits per heavy atom. The van der Waals surface area contributed by atoms with Crippen LogP contribution < -0.4 is 5.32 Å². The molecular formula is C12H13N5O2. The number of aromatic nitrogens is 3. The van der Waals surface area contributed by atoms with E-state index in [-0.39, 0.29) is 5.69 Å². The largest absolute Gasteiger partial charge is 0.308 e. The minimum Gasteiger partial charge on any atom is -0.308 e. The predicted octanol–water partition coefficient (Wildman–Crippen LogP) is 1.43. The maximum Gasteiger partial charge on any atom is 0.269 e. The molecule has 1 N–H and O–H groups in total. The van der Waals surface area contributed by atoms with E-state index in [2.05, 4.69) is 15.6 Å². The van der Waals surface area contributed by atoms with E-state index in [0.717, 1.165) is 11.4 Å². The molecule has 7 heteroatoms. The van der Waals surface area contributed by atoms with Crippen molar-refractivity contribution in [3.05, 3.63) is 46.3 Å². The molecule has 7 nitrogen and oxygen atoms in total. The van der Waals surface area contributed by atoms with Crippen LogP contribution in [0, 0.1) is 10.1 Å². The van der Waals surface area contributed by atoms with E-state index < -0.39 is 4.92 Å². The van der Waals surface area contributed by atoms with E-state index in [1.54, 1.807) is 16.8 Å². The molecule has 0 bridgehead atoms. The highest BCUT2D eigenvalue weighted by molar-refractivity contribution is 5.40. The molecule has 1 aromatic carbocycles. The van der Waals surface area contributed by atoms with Gasteiger partial charge in [-0.25, -0.2) is 4.68 Å². The van der Waals surface area contributed by atoms with Crippen molar-refractivity contribution >= 4 is 5.69 Å². The summed E-state index contributed by atoms with van der Waals surface area (Å²) >= 11 is 0. The van der Waals surface area contributed by atoms with E-state index >= 15 is 0 Å². The monoisotopic (exact) mass is 259 g/mol. The number of hydrogen-bond donors (Lipinski definition) is 1. The smallest absolute Gasteiger partial charge is 0.269 e. The van der Waals surface area contributed by atoms with Gasteiger partial charge in [0.15, 0.2) is 0 Å². The molecule has 0 radical (unpaired) electrons. The molecule has 0 saturated heterocycles. The lowest BCUT2D eigenvalue weighted by molar-refractivity contribution is -0.384. The highest BCUT2D eigenvalue weighted by Gasteiger charge is 2.20. The quantitative estimate of drug-likeness (QED) is 0.648. The fourth-order valence-corrected chi connectivity index (χ4v) is 1.77. The lowest BCUT2D eigenvalue weighted by atomic mass is 10.3. The molecule has 0 atom stereocenters. The molecule has 2 aromatic rings. The van der Waals surface area contributed by atoms with Crippen molar-refractivity contribution < 1.29 is 4.92 Å². The second-order valence-electron chi connectivity index (χ2n) is 4.58. The number of nitro groups is 1.